The molecule has 0 radical (unpaired) electrons. The second-order valence-corrected chi connectivity index (χ2v) is 5.90. The molecule has 0 bridgehead atoms. The number of rotatable bonds is 9. The van der Waals surface area contributed by atoms with Crippen molar-refractivity contribution in [3.63, 3.8) is 0 Å². The highest BCUT2D eigenvalue weighted by molar-refractivity contribution is 5.96. The van der Waals surface area contributed by atoms with Crippen molar-refractivity contribution in [3.05, 3.63) is 48.2 Å². The molecule has 9 heteroatoms. The summed E-state index contributed by atoms with van der Waals surface area (Å²) in [6.07, 6.45) is 1.49. The van der Waals surface area contributed by atoms with Crippen molar-refractivity contribution >= 4 is 23.5 Å². The van der Waals surface area contributed by atoms with Crippen LogP contribution < -0.4 is 14.8 Å². The minimum atomic E-state index is -0.732. The Morgan fingerprint density at radius 2 is 1.97 bits per heavy atom. The lowest BCUT2D eigenvalue weighted by Crippen LogP contribution is -2.37. The quantitative estimate of drug-likeness (QED) is 0.638. The highest BCUT2D eigenvalue weighted by Crippen LogP contribution is 2.17. The molecular formula is C20H23N3O6. The number of nitrogens with one attached hydrogen (secondary N) is 1. The van der Waals surface area contributed by atoms with Crippen molar-refractivity contribution in [1.82, 2.24) is 9.88 Å². The molecule has 2 amide bonds. The number of aromatic nitrogens is 1. The van der Waals surface area contributed by atoms with Crippen LogP contribution in [-0.2, 0) is 14.3 Å². The molecule has 0 spiro atoms. The normalized spacial score (nSPS) is 10.0. The first-order valence-corrected chi connectivity index (χ1v) is 8.87. The fraction of sp³-hybridized carbons (Fsp3) is 0.300. The third kappa shape index (κ3) is 6.49. The highest BCUT2D eigenvalue weighted by Gasteiger charge is 2.19. The number of amides is 2. The lowest BCUT2D eigenvalue weighted by molar-refractivity contribution is -0.136. The largest absolute Gasteiger partial charge is 0.497 e. The van der Waals surface area contributed by atoms with Gasteiger partial charge in [-0.25, -0.2) is 9.78 Å². The van der Waals surface area contributed by atoms with Crippen LogP contribution in [0.5, 0.6) is 11.6 Å². The molecule has 1 aromatic carbocycles. The fourth-order valence-corrected chi connectivity index (χ4v) is 2.32. The summed E-state index contributed by atoms with van der Waals surface area (Å²) >= 11 is 0. The molecule has 0 aliphatic heterocycles. The van der Waals surface area contributed by atoms with Gasteiger partial charge in [-0.3, -0.25) is 9.59 Å². The van der Waals surface area contributed by atoms with Crippen molar-refractivity contribution < 1.29 is 28.6 Å². The molecule has 2 aromatic rings. The molecule has 0 saturated heterocycles. The average Bonchev–Trinajstić information content (AvgIpc) is 2.72. The highest BCUT2D eigenvalue weighted by atomic mass is 16.5. The molecule has 0 aliphatic carbocycles. The first-order chi connectivity index (χ1) is 13.9. The van der Waals surface area contributed by atoms with Gasteiger partial charge >= 0.3 is 5.97 Å². The summed E-state index contributed by atoms with van der Waals surface area (Å²) in [5, 5.41) is 2.67. The second kappa shape index (κ2) is 10.6. The van der Waals surface area contributed by atoms with E-state index in [0.717, 1.165) is 4.90 Å². The Morgan fingerprint density at radius 3 is 2.69 bits per heavy atom. The molecule has 1 N–H and O–H groups in total. The van der Waals surface area contributed by atoms with E-state index in [-0.39, 0.29) is 18.0 Å². The number of esters is 1. The zero-order valence-electron chi connectivity index (χ0n) is 16.5. The van der Waals surface area contributed by atoms with Crippen LogP contribution in [0.4, 0.5) is 5.69 Å². The number of carbonyl (C=O) groups is 3. The van der Waals surface area contributed by atoms with Crippen LogP contribution in [0.25, 0.3) is 0 Å². The summed E-state index contributed by atoms with van der Waals surface area (Å²) in [6, 6.07) is 9.90. The van der Waals surface area contributed by atoms with Gasteiger partial charge in [0.05, 0.1) is 20.3 Å². The number of hydrogen-bond donors (Lipinski definition) is 1. The van der Waals surface area contributed by atoms with Gasteiger partial charge in [0.25, 0.3) is 5.91 Å². The number of ether oxygens (including phenoxy) is 3. The molecule has 0 aliphatic rings. The maximum absolute atomic E-state index is 12.2. The van der Waals surface area contributed by atoms with Gasteiger partial charge in [0.2, 0.25) is 11.8 Å². The number of hydrogen-bond acceptors (Lipinski definition) is 7. The Labute approximate surface area is 168 Å². The van der Waals surface area contributed by atoms with Gasteiger partial charge in [-0.05, 0) is 31.2 Å². The van der Waals surface area contributed by atoms with Gasteiger partial charge in [0, 0.05) is 25.0 Å². The maximum Gasteiger partial charge on any atom is 0.344 e. The van der Waals surface area contributed by atoms with Crippen LogP contribution in [0.3, 0.4) is 0 Å². The van der Waals surface area contributed by atoms with Crippen LogP contribution >= 0.6 is 0 Å². The van der Waals surface area contributed by atoms with E-state index in [4.69, 9.17) is 14.2 Å². The molecular weight excluding hydrogens is 378 g/mol. The van der Waals surface area contributed by atoms with Crippen LogP contribution in [0.2, 0.25) is 0 Å². The van der Waals surface area contributed by atoms with E-state index >= 15 is 0 Å². The first-order valence-electron chi connectivity index (χ1n) is 8.87. The van der Waals surface area contributed by atoms with Crippen LogP contribution in [0.15, 0.2) is 42.6 Å². The maximum atomic E-state index is 12.2. The standard InChI is InChI=1S/C20H23N3O6/c1-4-28-19-16(9-6-10-21-19)20(26)29-13-18(25)23(2)12-17(24)22-14-7-5-8-15(11-14)27-3/h5-11H,4,12-13H2,1-3H3,(H,22,24). The summed E-state index contributed by atoms with van der Waals surface area (Å²) in [5.41, 5.74) is 0.669. The predicted octanol–water partition coefficient (Wildman–Crippen LogP) is 1.74. The Morgan fingerprint density at radius 1 is 1.17 bits per heavy atom. The second-order valence-electron chi connectivity index (χ2n) is 5.90. The Balaban J connectivity index is 1.85. The van der Waals surface area contributed by atoms with Gasteiger partial charge in [-0.15, -0.1) is 0 Å². The Hall–Kier alpha value is -3.62. The number of methoxy groups -OCH3 is 1. The lowest BCUT2D eigenvalue weighted by Gasteiger charge is -2.17. The topological polar surface area (TPSA) is 107 Å². The summed E-state index contributed by atoms with van der Waals surface area (Å²) in [7, 11) is 2.97. The van der Waals surface area contributed by atoms with E-state index in [1.807, 2.05) is 0 Å². The first kappa shape index (κ1) is 21.7. The summed E-state index contributed by atoms with van der Waals surface area (Å²) in [4.78, 5) is 41.6. The van der Waals surface area contributed by atoms with Crippen molar-refractivity contribution in [1.29, 1.82) is 0 Å². The molecule has 154 valence electrons. The van der Waals surface area contributed by atoms with E-state index in [9.17, 15) is 14.4 Å². The van der Waals surface area contributed by atoms with Crippen molar-refractivity contribution in [2.45, 2.75) is 6.92 Å². The van der Waals surface area contributed by atoms with Gasteiger partial charge in [0.15, 0.2) is 6.61 Å². The van der Waals surface area contributed by atoms with Crippen molar-refractivity contribution in [2.75, 3.05) is 39.2 Å². The molecule has 1 aromatic heterocycles. The Kier molecular flexibility index (Phi) is 7.96. The molecule has 9 nitrogen and oxygen atoms in total. The number of benzene rings is 1. The molecule has 2 rings (SSSR count). The fourth-order valence-electron chi connectivity index (χ4n) is 2.32. The third-order valence-electron chi connectivity index (χ3n) is 3.76. The molecule has 29 heavy (non-hydrogen) atoms. The number of likely N-dealkylation sites (N-methyl/N-ethyl adjacent to an activating group) is 1. The number of pyridine rings is 1. The van der Waals surface area contributed by atoms with E-state index in [1.54, 1.807) is 37.3 Å². The summed E-state index contributed by atoms with van der Waals surface area (Å²) < 4.78 is 15.4. The van der Waals surface area contributed by atoms with E-state index in [1.165, 1.54) is 26.4 Å². The smallest absolute Gasteiger partial charge is 0.344 e. The molecule has 0 saturated carbocycles. The Bertz CT molecular complexity index is 871. The number of anilines is 1. The van der Waals surface area contributed by atoms with E-state index < -0.39 is 24.4 Å². The number of carbonyl (C=O) groups excluding carboxylic acids is 3. The third-order valence-corrected chi connectivity index (χ3v) is 3.76. The van der Waals surface area contributed by atoms with Gasteiger partial charge < -0.3 is 24.4 Å². The monoisotopic (exact) mass is 401 g/mol. The van der Waals surface area contributed by atoms with E-state index in [2.05, 4.69) is 10.3 Å². The minimum Gasteiger partial charge on any atom is -0.497 e. The zero-order valence-corrected chi connectivity index (χ0v) is 16.5. The zero-order chi connectivity index (χ0) is 21.2. The predicted molar refractivity (Wildman–Crippen MR) is 105 cm³/mol. The van der Waals surface area contributed by atoms with Crippen molar-refractivity contribution in [3.8, 4) is 11.6 Å². The SMILES string of the molecule is CCOc1ncccc1C(=O)OCC(=O)N(C)CC(=O)Nc1cccc(OC)c1. The minimum absolute atomic E-state index is 0.126. The molecule has 1 heterocycles. The van der Waals surface area contributed by atoms with Crippen molar-refractivity contribution in [2.24, 2.45) is 0 Å². The molecule has 0 atom stereocenters. The molecule has 0 fully saturated rings. The van der Waals surface area contributed by atoms with Gasteiger partial charge in [0.1, 0.15) is 11.3 Å². The van der Waals surface area contributed by atoms with Crippen LogP contribution in [0.1, 0.15) is 17.3 Å². The van der Waals surface area contributed by atoms with Gasteiger partial charge in [-0.2, -0.15) is 0 Å². The lowest BCUT2D eigenvalue weighted by atomic mass is 10.3. The molecule has 0 unspecified atom stereocenters. The number of nitrogens with zero attached hydrogens (tertiary/aromatic N) is 2. The van der Waals surface area contributed by atoms with E-state index in [0.29, 0.717) is 18.0 Å². The summed E-state index contributed by atoms with van der Waals surface area (Å²) in [5.74, 6) is -0.920. The van der Waals surface area contributed by atoms with Gasteiger partial charge in [-0.1, -0.05) is 6.07 Å². The van der Waals surface area contributed by atoms with Crippen LogP contribution in [0, 0.1) is 0 Å². The van der Waals surface area contributed by atoms with Crippen LogP contribution in [-0.4, -0.2) is 61.6 Å². The average molecular weight is 401 g/mol. The summed E-state index contributed by atoms with van der Waals surface area (Å²) in [6.45, 7) is 1.38.